The Morgan fingerprint density at radius 3 is 2.63 bits per heavy atom. The lowest BCUT2D eigenvalue weighted by Gasteiger charge is -2.11. The molecule has 0 aliphatic heterocycles. The summed E-state index contributed by atoms with van der Waals surface area (Å²) in [5.41, 5.74) is 1.44. The maximum absolute atomic E-state index is 11.9. The second-order valence-corrected chi connectivity index (χ2v) is 5.51. The van der Waals surface area contributed by atoms with E-state index in [1.807, 2.05) is 26.0 Å². The molecular formula is C14H16N2O3. The number of aromatic nitrogens is 2. The van der Waals surface area contributed by atoms with Crippen LogP contribution >= 0.6 is 0 Å². The first-order chi connectivity index (χ1) is 8.95. The monoisotopic (exact) mass is 260 g/mol. The van der Waals surface area contributed by atoms with E-state index in [9.17, 15) is 14.7 Å². The first-order valence-corrected chi connectivity index (χ1v) is 6.44. The molecule has 2 aromatic rings. The van der Waals surface area contributed by atoms with Crippen molar-refractivity contribution in [1.29, 1.82) is 0 Å². The van der Waals surface area contributed by atoms with Crippen LogP contribution in [0.1, 0.15) is 38.3 Å². The summed E-state index contributed by atoms with van der Waals surface area (Å²) >= 11 is 0. The quantitative estimate of drug-likeness (QED) is 0.886. The molecule has 1 heterocycles. The molecule has 1 saturated carbocycles. The first kappa shape index (κ1) is 12.0. The van der Waals surface area contributed by atoms with Gasteiger partial charge in [0, 0.05) is 6.04 Å². The number of nitrogens with one attached hydrogen (secondary N) is 1. The molecular weight excluding hydrogens is 244 g/mol. The molecule has 0 atom stereocenters. The van der Waals surface area contributed by atoms with E-state index < -0.39 is 11.4 Å². The predicted octanol–water partition coefficient (Wildman–Crippen LogP) is 2.03. The summed E-state index contributed by atoms with van der Waals surface area (Å²) in [6, 6.07) is 5.54. The Hall–Kier alpha value is -2.04. The fourth-order valence-corrected chi connectivity index (χ4v) is 2.69. The van der Waals surface area contributed by atoms with Crippen LogP contribution in [0.2, 0.25) is 0 Å². The molecule has 1 aromatic carbocycles. The maximum atomic E-state index is 11.9. The Bertz CT molecular complexity index is 720. The van der Waals surface area contributed by atoms with Gasteiger partial charge in [0.25, 0.3) is 0 Å². The number of hydrogen-bond donors (Lipinski definition) is 2. The summed E-state index contributed by atoms with van der Waals surface area (Å²) in [6.45, 7) is 3.89. The third-order valence-electron chi connectivity index (χ3n) is 3.94. The van der Waals surface area contributed by atoms with Gasteiger partial charge >= 0.3 is 11.7 Å². The Labute approximate surface area is 109 Å². The van der Waals surface area contributed by atoms with Gasteiger partial charge in [0.2, 0.25) is 0 Å². The van der Waals surface area contributed by atoms with Crippen LogP contribution in [0.4, 0.5) is 0 Å². The number of hydrogen-bond acceptors (Lipinski definition) is 2. The minimum atomic E-state index is -0.780. The van der Waals surface area contributed by atoms with Gasteiger partial charge in [-0.3, -0.25) is 9.36 Å². The molecule has 0 bridgehead atoms. The van der Waals surface area contributed by atoms with E-state index in [4.69, 9.17) is 0 Å². The number of benzene rings is 1. The van der Waals surface area contributed by atoms with E-state index in [0.29, 0.717) is 18.4 Å². The molecule has 0 radical (unpaired) electrons. The van der Waals surface area contributed by atoms with Gasteiger partial charge < -0.3 is 10.1 Å². The van der Waals surface area contributed by atoms with Gasteiger partial charge in [-0.15, -0.1) is 0 Å². The van der Waals surface area contributed by atoms with Crippen LogP contribution in [0.3, 0.4) is 0 Å². The molecule has 0 amide bonds. The van der Waals surface area contributed by atoms with Crippen molar-refractivity contribution in [3.63, 3.8) is 0 Å². The van der Waals surface area contributed by atoms with Gasteiger partial charge in [-0.2, -0.15) is 0 Å². The SMILES string of the molecule is CC(C)n1c(=O)[nH]c2cc(C3(C(=O)O)CC3)ccc21. The predicted molar refractivity (Wildman–Crippen MR) is 71.5 cm³/mol. The molecule has 5 nitrogen and oxygen atoms in total. The molecule has 100 valence electrons. The lowest BCUT2D eigenvalue weighted by molar-refractivity contribution is -0.140. The fourth-order valence-electron chi connectivity index (χ4n) is 2.69. The standard InChI is InChI=1S/C14H16N2O3/c1-8(2)16-11-4-3-9(7-10(11)15-13(16)19)14(5-6-14)12(17)18/h3-4,7-8H,5-6H2,1-2H3,(H,15,19)(H,17,18). The van der Waals surface area contributed by atoms with Crippen LogP contribution in [0.25, 0.3) is 11.0 Å². The number of imidazole rings is 1. The normalized spacial score (nSPS) is 17.0. The Morgan fingerprint density at radius 1 is 1.42 bits per heavy atom. The van der Waals surface area contributed by atoms with Gasteiger partial charge in [-0.05, 0) is 44.4 Å². The van der Waals surface area contributed by atoms with Crippen molar-refractivity contribution in [2.75, 3.05) is 0 Å². The third kappa shape index (κ3) is 1.61. The molecule has 1 aliphatic rings. The van der Waals surface area contributed by atoms with E-state index in [0.717, 1.165) is 11.1 Å². The number of nitrogens with zero attached hydrogens (tertiary/aromatic N) is 1. The van der Waals surface area contributed by atoms with Crippen LogP contribution in [-0.4, -0.2) is 20.6 Å². The highest BCUT2D eigenvalue weighted by Gasteiger charge is 2.51. The number of rotatable bonds is 3. The fraction of sp³-hybridized carbons (Fsp3) is 0.429. The molecule has 1 fully saturated rings. The van der Waals surface area contributed by atoms with E-state index in [2.05, 4.69) is 4.98 Å². The summed E-state index contributed by atoms with van der Waals surface area (Å²) in [5.74, 6) is -0.780. The Kier molecular flexibility index (Phi) is 2.36. The molecule has 0 saturated heterocycles. The van der Waals surface area contributed by atoms with Crippen LogP contribution in [-0.2, 0) is 10.2 Å². The van der Waals surface area contributed by atoms with Crippen LogP contribution in [0, 0.1) is 0 Å². The molecule has 0 spiro atoms. The minimum Gasteiger partial charge on any atom is -0.481 e. The average molecular weight is 260 g/mol. The zero-order valence-corrected chi connectivity index (χ0v) is 10.9. The second-order valence-electron chi connectivity index (χ2n) is 5.51. The molecule has 1 aromatic heterocycles. The van der Waals surface area contributed by atoms with Crippen molar-refractivity contribution >= 4 is 17.0 Å². The van der Waals surface area contributed by atoms with Gasteiger partial charge in [0.15, 0.2) is 0 Å². The number of carbonyl (C=O) groups is 1. The molecule has 5 heteroatoms. The zero-order chi connectivity index (χ0) is 13.8. The summed E-state index contributed by atoms with van der Waals surface area (Å²) in [4.78, 5) is 26.0. The van der Waals surface area contributed by atoms with Crippen molar-refractivity contribution in [2.45, 2.75) is 38.1 Å². The second kappa shape index (κ2) is 3.73. The van der Waals surface area contributed by atoms with Crippen molar-refractivity contribution in [2.24, 2.45) is 0 Å². The molecule has 3 rings (SSSR count). The third-order valence-corrected chi connectivity index (χ3v) is 3.94. The lowest BCUT2D eigenvalue weighted by Crippen LogP contribution is -2.19. The Morgan fingerprint density at radius 2 is 2.11 bits per heavy atom. The summed E-state index contributed by atoms with van der Waals surface area (Å²) in [7, 11) is 0. The zero-order valence-electron chi connectivity index (χ0n) is 10.9. The number of aromatic amines is 1. The van der Waals surface area contributed by atoms with Crippen molar-refractivity contribution in [3.05, 3.63) is 34.2 Å². The number of H-pyrrole nitrogens is 1. The lowest BCUT2D eigenvalue weighted by atomic mass is 9.96. The van der Waals surface area contributed by atoms with E-state index in [1.165, 1.54) is 0 Å². The van der Waals surface area contributed by atoms with Crippen molar-refractivity contribution < 1.29 is 9.90 Å². The molecule has 1 aliphatic carbocycles. The van der Waals surface area contributed by atoms with Crippen LogP contribution in [0.15, 0.2) is 23.0 Å². The maximum Gasteiger partial charge on any atom is 0.326 e. The van der Waals surface area contributed by atoms with Gasteiger partial charge in [0.05, 0.1) is 16.4 Å². The summed E-state index contributed by atoms with van der Waals surface area (Å²) < 4.78 is 1.68. The molecule has 2 N–H and O–H groups in total. The van der Waals surface area contributed by atoms with Gasteiger partial charge in [-0.1, -0.05) is 6.07 Å². The molecule has 0 unspecified atom stereocenters. The minimum absolute atomic E-state index is 0.0708. The van der Waals surface area contributed by atoms with Crippen molar-refractivity contribution in [1.82, 2.24) is 9.55 Å². The van der Waals surface area contributed by atoms with Gasteiger partial charge in [-0.25, -0.2) is 4.79 Å². The number of fused-ring (bicyclic) bond motifs is 1. The van der Waals surface area contributed by atoms with E-state index in [1.54, 1.807) is 10.6 Å². The highest BCUT2D eigenvalue weighted by molar-refractivity contribution is 5.87. The highest BCUT2D eigenvalue weighted by Crippen LogP contribution is 2.48. The largest absolute Gasteiger partial charge is 0.481 e. The van der Waals surface area contributed by atoms with Crippen LogP contribution < -0.4 is 5.69 Å². The summed E-state index contributed by atoms with van der Waals surface area (Å²) in [5, 5.41) is 9.30. The summed E-state index contributed by atoms with van der Waals surface area (Å²) in [6.07, 6.45) is 1.34. The average Bonchev–Trinajstić information content (AvgIpc) is 3.06. The first-order valence-electron chi connectivity index (χ1n) is 6.44. The number of carboxylic acids is 1. The van der Waals surface area contributed by atoms with E-state index >= 15 is 0 Å². The Balaban J connectivity index is 2.19. The van der Waals surface area contributed by atoms with E-state index in [-0.39, 0.29) is 11.7 Å². The van der Waals surface area contributed by atoms with Crippen LogP contribution in [0.5, 0.6) is 0 Å². The highest BCUT2D eigenvalue weighted by atomic mass is 16.4. The number of aliphatic carboxylic acids is 1. The van der Waals surface area contributed by atoms with Gasteiger partial charge in [0.1, 0.15) is 0 Å². The molecule has 19 heavy (non-hydrogen) atoms. The number of carboxylic acid groups (broad SMARTS) is 1. The van der Waals surface area contributed by atoms with Crippen molar-refractivity contribution in [3.8, 4) is 0 Å². The smallest absolute Gasteiger partial charge is 0.326 e. The topological polar surface area (TPSA) is 75.1 Å².